The van der Waals surface area contributed by atoms with Gasteiger partial charge in [0, 0.05) is 25.0 Å². The van der Waals surface area contributed by atoms with E-state index in [9.17, 15) is 0 Å². The van der Waals surface area contributed by atoms with Crippen LogP contribution < -0.4 is 5.32 Å². The van der Waals surface area contributed by atoms with Gasteiger partial charge >= 0.3 is 0 Å². The van der Waals surface area contributed by atoms with E-state index in [1.165, 1.54) is 11.1 Å². The van der Waals surface area contributed by atoms with Crippen molar-refractivity contribution >= 4 is 0 Å². The van der Waals surface area contributed by atoms with E-state index >= 15 is 0 Å². The molecule has 1 atom stereocenters. The first-order chi connectivity index (χ1) is 9.33. The van der Waals surface area contributed by atoms with Gasteiger partial charge in [-0.05, 0) is 43.5 Å². The molecule has 1 unspecified atom stereocenters. The number of hydrogen-bond acceptors (Lipinski definition) is 4. The quantitative estimate of drug-likeness (QED) is 0.826. The molecule has 0 aliphatic rings. The van der Waals surface area contributed by atoms with E-state index in [1.807, 2.05) is 23.1 Å². The molecule has 19 heavy (non-hydrogen) atoms. The minimum Gasteiger partial charge on any atom is -0.310 e. The standard InChI is InChI=1S/C14H21N5/c1-3-6-15-14(13-5-7-16-17-10-13)8-12-9-18-19(4-2)11-12/h5,7,9-11,14-15H,3-4,6,8H2,1-2H3. The number of aryl methyl sites for hydroxylation is 1. The summed E-state index contributed by atoms with van der Waals surface area (Å²) in [5.74, 6) is 0. The Morgan fingerprint density at radius 2 is 2.16 bits per heavy atom. The van der Waals surface area contributed by atoms with Crippen LogP contribution in [0.1, 0.15) is 37.4 Å². The molecule has 0 saturated carbocycles. The summed E-state index contributed by atoms with van der Waals surface area (Å²) in [4.78, 5) is 0. The van der Waals surface area contributed by atoms with Crippen molar-refractivity contribution in [2.45, 2.75) is 39.3 Å². The van der Waals surface area contributed by atoms with E-state index in [4.69, 9.17) is 0 Å². The third-order valence-electron chi connectivity index (χ3n) is 3.10. The zero-order valence-electron chi connectivity index (χ0n) is 11.6. The van der Waals surface area contributed by atoms with Gasteiger partial charge in [-0.25, -0.2) is 0 Å². The Kier molecular flexibility index (Phi) is 5.03. The molecule has 0 radical (unpaired) electrons. The molecule has 1 N–H and O–H groups in total. The first-order valence-electron chi connectivity index (χ1n) is 6.84. The smallest absolute Gasteiger partial charge is 0.0544 e. The molecule has 0 fully saturated rings. The van der Waals surface area contributed by atoms with Crippen molar-refractivity contribution < 1.29 is 0 Å². The van der Waals surface area contributed by atoms with E-state index in [0.29, 0.717) is 0 Å². The average Bonchev–Trinajstić information content (AvgIpc) is 2.92. The van der Waals surface area contributed by atoms with Gasteiger partial charge < -0.3 is 5.32 Å². The zero-order chi connectivity index (χ0) is 13.5. The maximum atomic E-state index is 4.32. The molecule has 2 heterocycles. The summed E-state index contributed by atoms with van der Waals surface area (Å²) in [6, 6.07) is 2.29. The van der Waals surface area contributed by atoms with Crippen LogP contribution in [0.4, 0.5) is 0 Å². The molecule has 0 bridgehead atoms. The predicted octanol–water partition coefficient (Wildman–Crippen LogP) is 1.98. The Bertz CT molecular complexity index is 480. The zero-order valence-corrected chi connectivity index (χ0v) is 11.6. The summed E-state index contributed by atoms with van der Waals surface area (Å²) in [5, 5.41) is 15.7. The lowest BCUT2D eigenvalue weighted by molar-refractivity contribution is 0.526. The monoisotopic (exact) mass is 259 g/mol. The number of aromatic nitrogens is 4. The second kappa shape index (κ2) is 6.99. The Morgan fingerprint density at radius 1 is 1.26 bits per heavy atom. The third-order valence-corrected chi connectivity index (χ3v) is 3.10. The Labute approximate surface area is 114 Å². The summed E-state index contributed by atoms with van der Waals surface area (Å²) in [5.41, 5.74) is 2.42. The van der Waals surface area contributed by atoms with Crippen molar-refractivity contribution in [3.63, 3.8) is 0 Å². The summed E-state index contributed by atoms with van der Waals surface area (Å²) in [6.07, 6.45) is 9.66. The molecule has 2 aromatic rings. The molecule has 2 aromatic heterocycles. The number of hydrogen-bond donors (Lipinski definition) is 1. The van der Waals surface area contributed by atoms with Crippen molar-refractivity contribution in [2.24, 2.45) is 0 Å². The van der Waals surface area contributed by atoms with Gasteiger partial charge in [0.1, 0.15) is 0 Å². The predicted molar refractivity (Wildman–Crippen MR) is 74.7 cm³/mol. The Balaban J connectivity index is 2.09. The highest BCUT2D eigenvalue weighted by atomic mass is 15.3. The minimum absolute atomic E-state index is 0.268. The maximum Gasteiger partial charge on any atom is 0.0544 e. The molecule has 0 aliphatic carbocycles. The molecule has 0 spiro atoms. The number of nitrogens with zero attached hydrogens (tertiary/aromatic N) is 4. The fraction of sp³-hybridized carbons (Fsp3) is 0.500. The van der Waals surface area contributed by atoms with Crippen LogP contribution in [-0.4, -0.2) is 26.5 Å². The maximum absolute atomic E-state index is 4.32. The van der Waals surface area contributed by atoms with Crippen LogP contribution in [0.5, 0.6) is 0 Å². The molecule has 0 saturated heterocycles. The van der Waals surface area contributed by atoms with Gasteiger partial charge in [0.25, 0.3) is 0 Å². The van der Waals surface area contributed by atoms with Gasteiger partial charge in [0.15, 0.2) is 0 Å². The highest BCUT2D eigenvalue weighted by molar-refractivity contribution is 5.16. The highest BCUT2D eigenvalue weighted by Crippen LogP contribution is 2.17. The fourth-order valence-corrected chi connectivity index (χ4v) is 2.05. The average molecular weight is 259 g/mol. The van der Waals surface area contributed by atoms with Crippen LogP contribution in [0.3, 0.4) is 0 Å². The lowest BCUT2D eigenvalue weighted by Crippen LogP contribution is -2.24. The van der Waals surface area contributed by atoms with Crippen molar-refractivity contribution in [1.82, 2.24) is 25.3 Å². The van der Waals surface area contributed by atoms with Crippen LogP contribution in [0, 0.1) is 0 Å². The first-order valence-corrected chi connectivity index (χ1v) is 6.84. The second-order valence-electron chi connectivity index (χ2n) is 4.59. The fourth-order valence-electron chi connectivity index (χ4n) is 2.05. The summed E-state index contributed by atoms with van der Waals surface area (Å²) >= 11 is 0. The van der Waals surface area contributed by atoms with Crippen LogP contribution in [-0.2, 0) is 13.0 Å². The van der Waals surface area contributed by atoms with E-state index in [0.717, 1.165) is 25.9 Å². The number of nitrogens with one attached hydrogen (secondary N) is 1. The third kappa shape index (κ3) is 3.86. The van der Waals surface area contributed by atoms with Gasteiger partial charge in [0.05, 0.1) is 12.4 Å². The van der Waals surface area contributed by atoms with E-state index in [2.05, 4.69) is 40.7 Å². The Hall–Kier alpha value is -1.75. The molecular weight excluding hydrogens is 238 g/mol. The molecule has 5 heteroatoms. The van der Waals surface area contributed by atoms with E-state index in [-0.39, 0.29) is 6.04 Å². The van der Waals surface area contributed by atoms with Crippen molar-refractivity contribution in [2.75, 3.05) is 6.54 Å². The lowest BCUT2D eigenvalue weighted by Gasteiger charge is -2.17. The molecule has 0 aliphatic heterocycles. The van der Waals surface area contributed by atoms with Gasteiger partial charge in [0.2, 0.25) is 0 Å². The van der Waals surface area contributed by atoms with Crippen LogP contribution in [0.25, 0.3) is 0 Å². The van der Waals surface area contributed by atoms with Gasteiger partial charge in [-0.3, -0.25) is 4.68 Å². The molecular formula is C14H21N5. The van der Waals surface area contributed by atoms with Gasteiger partial charge in [-0.1, -0.05) is 6.92 Å². The summed E-state index contributed by atoms with van der Waals surface area (Å²) in [6.45, 7) is 6.17. The molecule has 5 nitrogen and oxygen atoms in total. The van der Waals surface area contributed by atoms with Crippen molar-refractivity contribution in [3.8, 4) is 0 Å². The minimum atomic E-state index is 0.268. The summed E-state index contributed by atoms with van der Waals surface area (Å²) in [7, 11) is 0. The van der Waals surface area contributed by atoms with E-state index < -0.39 is 0 Å². The molecule has 2 rings (SSSR count). The van der Waals surface area contributed by atoms with Crippen LogP contribution in [0.15, 0.2) is 30.9 Å². The van der Waals surface area contributed by atoms with E-state index in [1.54, 1.807) is 6.20 Å². The molecule has 0 amide bonds. The topological polar surface area (TPSA) is 55.6 Å². The first kappa shape index (κ1) is 13.7. The van der Waals surface area contributed by atoms with Crippen molar-refractivity contribution in [1.29, 1.82) is 0 Å². The lowest BCUT2D eigenvalue weighted by atomic mass is 10.0. The van der Waals surface area contributed by atoms with Crippen LogP contribution in [0.2, 0.25) is 0 Å². The number of rotatable bonds is 7. The van der Waals surface area contributed by atoms with Crippen molar-refractivity contribution in [3.05, 3.63) is 42.0 Å². The van der Waals surface area contributed by atoms with Gasteiger partial charge in [-0.15, -0.1) is 0 Å². The second-order valence-corrected chi connectivity index (χ2v) is 4.59. The molecule has 102 valence electrons. The molecule has 0 aromatic carbocycles. The highest BCUT2D eigenvalue weighted by Gasteiger charge is 2.12. The SMILES string of the molecule is CCCNC(Cc1cnn(CC)c1)c1ccnnc1. The largest absolute Gasteiger partial charge is 0.310 e. The van der Waals surface area contributed by atoms with Gasteiger partial charge in [-0.2, -0.15) is 15.3 Å². The summed E-state index contributed by atoms with van der Waals surface area (Å²) < 4.78 is 1.96. The normalized spacial score (nSPS) is 12.5. The Morgan fingerprint density at radius 3 is 2.79 bits per heavy atom. The van der Waals surface area contributed by atoms with Crippen LogP contribution >= 0.6 is 0 Å².